The molecule has 2 atom stereocenters. The van der Waals surface area contributed by atoms with Crippen LogP contribution in [0.5, 0.6) is 0 Å². The predicted molar refractivity (Wildman–Crippen MR) is 107 cm³/mol. The van der Waals surface area contributed by atoms with Crippen LogP contribution in [0.2, 0.25) is 5.04 Å². The Hall–Kier alpha value is -1.42. The Morgan fingerprint density at radius 3 is 1.88 bits per heavy atom. The zero-order valence-electron chi connectivity index (χ0n) is 15.6. The molecule has 134 valence electrons. The van der Waals surface area contributed by atoms with Crippen LogP contribution in [0, 0.1) is 11.8 Å². The van der Waals surface area contributed by atoms with Crippen molar-refractivity contribution in [3.63, 3.8) is 0 Å². The number of benzene rings is 2. The third kappa shape index (κ3) is 3.74. The van der Waals surface area contributed by atoms with Crippen LogP contribution >= 0.6 is 0 Å². The molecule has 1 aliphatic carbocycles. The predicted octanol–water partition coefficient (Wildman–Crippen LogP) is 3.58. The van der Waals surface area contributed by atoms with E-state index in [0.717, 1.165) is 13.0 Å². The molecule has 1 N–H and O–H groups in total. The van der Waals surface area contributed by atoms with Crippen LogP contribution in [0.4, 0.5) is 0 Å². The number of hydrogen-bond acceptors (Lipinski definition) is 2. The van der Waals surface area contributed by atoms with Gasteiger partial charge in [-0.15, -0.1) is 0 Å². The van der Waals surface area contributed by atoms with Crippen LogP contribution < -0.4 is 10.4 Å². The molecule has 25 heavy (non-hydrogen) atoms. The Kier molecular flexibility index (Phi) is 5.47. The molecule has 0 amide bonds. The van der Waals surface area contributed by atoms with E-state index in [4.69, 9.17) is 4.43 Å². The van der Waals surface area contributed by atoms with E-state index in [1.165, 1.54) is 16.8 Å². The van der Waals surface area contributed by atoms with Crippen LogP contribution in [0.15, 0.2) is 60.7 Å². The highest BCUT2D eigenvalue weighted by molar-refractivity contribution is 6.99. The van der Waals surface area contributed by atoms with Gasteiger partial charge in [0.05, 0.1) is 0 Å². The molecule has 0 bridgehead atoms. The minimum Gasteiger partial charge on any atom is -0.407 e. The summed E-state index contributed by atoms with van der Waals surface area (Å²) in [4.78, 5) is 0. The van der Waals surface area contributed by atoms with E-state index < -0.39 is 8.32 Å². The number of aliphatic hydroxyl groups is 1. The fraction of sp³-hybridized carbons (Fsp3) is 0.455. The molecule has 0 radical (unpaired) electrons. The molecule has 2 aromatic carbocycles. The molecular formula is C22H30O2Si. The van der Waals surface area contributed by atoms with Gasteiger partial charge in [-0.2, -0.15) is 0 Å². The maximum Gasteiger partial charge on any atom is 0.261 e. The van der Waals surface area contributed by atoms with Gasteiger partial charge < -0.3 is 9.53 Å². The Morgan fingerprint density at radius 1 is 0.920 bits per heavy atom. The van der Waals surface area contributed by atoms with Gasteiger partial charge in [0.25, 0.3) is 8.32 Å². The zero-order chi connectivity index (χ0) is 17.9. The summed E-state index contributed by atoms with van der Waals surface area (Å²) in [5.41, 5.74) is 0. The highest BCUT2D eigenvalue weighted by Crippen LogP contribution is 2.43. The molecule has 2 aromatic rings. The Bertz CT molecular complexity index is 624. The Morgan fingerprint density at radius 2 is 1.44 bits per heavy atom. The molecule has 0 saturated heterocycles. The van der Waals surface area contributed by atoms with E-state index in [-0.39, 0.29) is 5.04 Å². The van der Waals surface area contributed by atoms with Crippen molar-refractivity contribution >= 4 is 18.7 Å². The van der Waals surface area contributed by atoms with Crippen LogP contribution in [-0.4, -0.2) is 26.6 Å². The lowest BCUT2D eigenvalue weighted by Crippen LogP contribution is -2.66. The molecule has 3 rings (SSSR count). The van der Waals surface area contributed by atoms with Gasteiger partial charge in [-0.3, -0.25) is 0 Å². The van der Waals surface area contributed by atoms with Gasteiger partial charge in [-0.25, -0.2) is 0 Å². The first-order valence-corrected chi connectivity index (χ1v) is 11.3. The van der Waals surface area contributed by atoms with Gasteiger partial charge in [0.15, 0.2) is 0 Å². The second-order valence-electron chi connectivity index (χ2n) is 8.24. The molecule has 1 fully saturated rings. The van der Waals surface area contributed by atoms with Crippen molar-refractivity contribution in [2.45, 2.75) is 38.7 Å². The quantitative estimate of drug-likeness (QED) is 0.770. The molecule has 0 spiro atoms. The largest absolute Gasteiger partial charge is 0.407 e. The molecule has 0 aromatic heterocycles. The molecule has 2 nitrogen and oxygen atoms in total. The lowest BCUT2D eigenvalue weighted by molar-refractivity contribution is 0.252. The maximum absolute atomic E-state index is 9.18. The molecule has 3 heteroatoms. The molecule has 0 aliphatic heterocycles. The van der Waals surface area contributed by atoms with E-state index in [2.05, 4.69) is 81.4 Å². The van der Waals surface area contributed by atoms with Gasteiger partial charge in [0.1, 0.15) is 0 Å². The van der Waals surface area contributed by atoms with Crippen LogP contribution in [-0.2, 0) is 4.43 Å². The normalized spacial score (nSPS) is 20.5. The summed E-state index contributed by atoms with van der Waals surface area (Å²) in [7, 11) is -2.39. The topological polar surface area (TPSA) is 29.5 Å². The molecule has 1 saturated carbocycles. The minimum absolute atomic E-state index is 0.0388. The van der Waals surface area contributed by atoms with E-state index >= 15 is 0 Å². The van der Waals surface area contributed by atoms with E-state index in [1.54, 1.807) is 0 Å². The summed E-state index contributed by atoms with van der Waals surface area (Å²) in [6.07, 6.45) is 2.10. The first kappa shape index (κ1) is 18.4. The third-order valence-corrected chi connectivity index (χ3v) is 10.5. The lowest BCUT2D eigenvalue weighted by atomic mass is 10.2. The Labute approximate surface area is 153 Å². The third-order valence-electron chi connectivity index (χ3n) is 5.50. The van der Waals surface area contributed by atoms with Crippen molar-refractivity contribution in [2.24, 2.45) is 11.8 Å². The average molecular weight is 355 g/mol. The summed E-state index contributed by atoms with van der Waals surface area (Å²) in [6, 6.07) is 21.6. The molecule has 0 heterocycles. The number of hydrogen-bond donors (Lipinski definition) is 1. The van der Waals surface area contributed by atoms with Crippen molar-refractivity contribution in [2.75, 3.05) is 13.2 Å². The van der Waals surface area contributed by atoms with Gasteiger partial charge in [0, 0.05) is 13.2 Å². The van der Waals surface area contributed by atoms with Crippen molar-refractivity contribution in [1.82, 2.24) is 0 Å². The number of aliphatic hydroxyl groups excluding tert-OH is 1. The van der Waals surface area contributed by atoms with E-state index in [0.29, 0.717) is 18.4 Å². The first-order valence-electron chi connectivity index (χ1n) is 9.35. The van der Waals surface area contributed by atoms with Gasteiger partial charge >= 0.3 is 0 Å². The summed E-state index contributed by atoms with van der Waals surface area (Å²) >= 11 is 0. The van der Waals surface area contributed by atoms with Crippen molar-refractivity contribution in [1.29, 1.82) is 0 Å². The summed E-state index contributed by atoms with van der Waals surface area (Å²) < 4.78 is 6.92. The number of rotatable bonds is 7. The smallest absolute Gasteiger partial charge is 0.261 e. The SMILES string of the molecule is CC(C)(C)[Si](OC[C@@H]1C[C@@H]1CCO)(c1ccccc1)c1ccccc1. The standard InChI is InChI=1S/C22H30O2Si/c1-22(2,3)25(20-10-6-4-7-11-20,21-12-8-5-9-13-21)24-17-19-16-18(19)14-15-23/h4-13,18-19,23H,14-17H2,1-3H3/t18-,19-/m0/s1. The monoisotopic (exact) mass is 354 g/mol. The summed E-state index contributed by atoms with van der Waals surface area (Å²) in [6.45, 7) is 8.05. The van der Waals surface area contributed by atoms with Crippen LogP contribution in [0.1, 0.15) is 33.6 Å². The average Bonchev–Trinajstić information content (AvgIpc) is 3.35. The molecule has 1 aliphatic rings. The van der Waals surface area contributed by atoms with Gasteiger partial charge in [-0.05, 0) is 40.1 Å². The van der Waals surface area contributed by atoms with E-state index in [1.807, 2.05) is 0 Å². The maximum atomic E-state index is 9.18. The van der Waals surface area contributed by atoms with Gasteiger partial charge in [-0.1, -0.05) is 81.4 Å². The second kappa shape index (κ2) is 7.44. The van der Waals surface area contributed by atoms with Crippen molar-refractivity contribution < 1.29 is 9.53 Å². The van der Waals surface area contributed by atoms with Gasteiger partial charge in [0.2, 0.25) is 0 Å². The highest BCUT2D eigenvalue weighted by Gasteiger charge is 2.51. The van der Waals surface area contributed by atoms with Crippen LogP contribution in [0.3, 0.4) is 0 Å². The molecule has 0 unspecified atom stereocenters. The van der Waals surface area contributed by atoms with E-state index in [9.17, 15) is 5.11 Å². The highest BCUT2D eigenvalue weighted by atomic mass is 28.4. The second-order valence-corrected chi connectivity index (χ2v) is 12.5. The zero-order valence-corrected chi connectivity index (χ0v) is 16.6. The fourth-order valence-electron chi connectivity index (χ4n) is 4.03. The summed E-state index contributed by atoms with van der Waals surface area (Å²) in [5, 5.41) is 11.9. The fourth-order valence-corrected chi connectivity index (χ4v) is 8.65. The van der Waals surface area contributed by atoms with Crippen molar-refractivity contribution in [3.05, 3.63) is 60.7 Å². The molecular weight excluding hydrogens is 324 g/mol. The first-order chi connectivity index (χ1) is 12.0. The minimum atomic E-state index is -2.39. The van der Waals surface area contributed by atoms with Crippen molar-refractivity contribution in [3.8, 4) is 0 Å². The van der Waals surface area contributed by atoms with Crippen LogP contribution in [0.25, 0.3) is 0 Å². The Balaban J connectivity index is 1.98. The summed E-state index contributed by atoms with van der Waals surface area (Å²) in [5.74, 6) is 1.25. The lowest BCUT2D eigenvalue weighted by Gasteiger charge is -2.43.